The van der Waals surface area contributed by atoms with E-state index in [2.05, 4.69) is 77.1 Å². The SMILES string of the molecule is C1=C\CC/C=C\CC/1.CC#N.Cc1cc(C)n([BH-](n2nc(C)cc2C)n2nc(C)cc2C)n1.[Rh]. The molecule has 0 aliphatic heterocycles. The van der Waals surface area contributed by atoms with E-state index in [0.29, 0.717) is 0 Å². The van der Waals surface area contributed by atoms with Gasteiger partial charge in [-0.2, -0.15) is 5.26 Å². The van der Waals surface area contributed by atoms with Crippen molar-refractivity contribution >= 4 is 7.12 Å². The fourth-order valence-electron chi connectivity index (χ4n) is 4.12. The van der Waals surface area contributed by atoms with E-state index in [1.807, 2.05) is 20.8 Å². The van der Waals surface area contributed by atoms with Gasteiger partial charge < -0.3 is 13.8 Å². The summed E-state index contributed by atoms with van der Waals surface area (Å²) in [5, 5.41) is 21.4. The Hall–Kier alpha value is -2.71. The Morgan fingerprint density at radius 1 is 0.647 bits per heavy atom. The number of aryl methyl sites for hydroxylation is 6. The summed E-state index contributed by atoms with van der Waals surface area (Å²) in [4.78, 5) is 0. The van der Waals surface area contributed by atoms with Gasteiger partial charge in [-0.3, -0.25) is 0 Å². The molecule has 3 aromatic rings. The zero-order chi connectivity index (χ0) is 24.4. The van der Waals surface area contributed by atoms with Crippen LogP contribution in [0, 0.1) is 52.9 Å². The van der Waals surface area contributed by atoms with Gasteiger partial charge in [0.05, 0.1) is 23.2 Å². The summed E-state index contributed by atoms with van der Waals surface area (Å²) < 4.78 is 6.19. The van der Waals surface area contributed by atoms with Crippen LogP contribution in [0.25, 0.3) is 0 Å². The van der Waals surface area contributed by atoms with Crippen LogP contribution >= 0.6 is 0 Å². The van der Waals surface area contributed by atoms with E-state index in [-0.39, 0.29) is 19.5 Å². The van der Waals surface area contributed by atoms with E-state index in [1.165, 1.54) is 32.6 Å². The first-order valence-electron chi connectivity index (χ1n) is 11.6. The zero-order valence-electron chi connectivity index (χ0n) is 21.5. The van der Waals surface area contributed by atoms with Crippen LogP contribution in [0.5, 0.6) is 0 Å². The summed E-state index contributed by atoms with van der Waals surface area (Å²) in [7, 11) is -1.26. The second-order valence-electron chi connectivity index (χ2n) is 8.53. The van der Waals surface area contributed by atoms with Crippen LogP contribution in [0.1, 0.15) is 66.8 Å². The summed E-state index contributed by atoms with van der Waals surface area (Å²) in [5.41, 5.74) is 6.40. The molecule has 3 heterocycles. The molecule has 1 aliphatic rings. The number of hydrogen-bond donors (Lipinski definition) is 0. The molecule has 3 aromatic heterocycles. The quantitative estimate of drug-likeness (QED) is 0.341. The molecule has 0 N–H and O–H groups in total. The van der Waals surface area contributed by atoms with Crippen molar-refractivity contribution in [1.29, 1.82) is 5.26 Å². The van der Waals surface area contributed by atoms with Gasteiger partial charge in [0.1, 0.15) is 0 Å². The largest absolute Gasteiger partial charge is 0.400 e. The maximum atomic E-state index is 7.32. The van der Waals surface area contributed by atoms with E-state index < -0.39 is 7.12 Å². The van der Waals surface area contributed by atoms with Gasteiger partial charge in [-0.15, -0.1) is 0 Å². The summed E-state index contributed by atoms with van der Waals surface area (Å²) >= 11 is 0. The van der Waals surface area contributed by atoms with Gasteiger partial charge in [0, 0.05) is 26.4 Å². The summed E-state index contributed by atoms with van der Waals surface area (Å²) in [5.74, 6) is 0. The third-order valence-corrected chi connectivity index (χ3v) is 5.45. The molecule has 0 unspecified atom stereocenters. The maximum Gasteiger partial charge on any atom is 0.326 e. The number of hydrogen-bond acceptors (Lipinski definition) is 4. The molecule has 0 fully saturated rings. The molecule has 4 rings (SSSR count). The third-order valence-electron chi connectivity index (χ3n) is 5.45. The summed E-state index contributed by atoms with van der Waals surface area (Å²) in [6.07, 6.45) is 14.0. The third kappa shape index (κ3) is 8.25. The average molecular weight is 549 g/mol. The number of nitrogens with zero attached hydrogens (tertiary/aromatic N) is 7. The van der Waals surface area contributed by atoms with Crippen LogP contribution in [0.4, 0.5) is 0 Å². The van der Waals surface area contributed by atoms with Crippen molar-refractivity contribution < 1.29 is 19.5 Å². The topological polar surface area (TPSA) is 77.2 Å². The number of rotatable bonds is 3. The maximum absolute atomic E-state index is 7.32. The minimum atomic E-state index is -1.26. The molecule has 0 saturated heterocycles. The van der Waals surface area contributed by atoms with Crippen LogP contribution in [0.15, 0.2) is 42.5 Å². The second-order valence-corrected chi connectivity index (χ2v) is 8.53. The number of allylic oxidation sites excluding steroid dienone is 4. The minimum Gasteiger partial charge on any atom is -0.400 e. The van der Waals surface area contributed by atoms with E-state index in [9.17, 15) is 0 Å². The van der Waals surface area contributed by atoms with Crippen molar-refractivity contribution in [3.63, 3.8) is 0 Å². The molecule has 1 radical (unpaired) electrons. The Kier molecular flexibility index (Phi) is 12.5. The molecule has 34 heavy (non-hydrogen) atoms. The van der Waals surface area contributed by atoms with Crippen LogP contribution < -0.4 is 0 Å². The Morgan fingerprint density at radius 2 is 0.882 bits per heavy atom. The number of aromatic nitrogens is 6. The van der Waals surface area contributed by atoms with Crippen molar-refractivity contribution in [1.82, 2.24) is 29.1 Å². The monoisotopic (exact) mass is 549 g/mol. The molecule has 7 nitrogen and oxygen atoms in total. The summed E-state index contributed by atoms with van der Waals surface area (Å²) in [6.45, 7) is 13.7. The molecule has 0 aromatic carbocycles. The zero-order valence-corrected chi connectivity index (χ0v) is 23.2. The minimum absolute atomic E-state index is 0. The van der Waals surface area contributed by atoms with E-state index >= 15 is 0 Å². The van der Waals surface area contributed by atoms with Crippen LogP contribution in [-0.4, -0.2) is 36.2 Å². The van der Waals surface area contributed by atoms with Gasteiger partial charge in [0.15, 0.2) is 0 Å². The van der Waals surface area contributed by atoms with Crippen LogP contribution in [0.3, 0.4) is 0 Å². The standard InChI is InChI=1S/C15H22BN6.C8H12.C2H3N.Rh/c1-10-7-13(4)20(17-10)16(21-14(5)8-11(2)18-21)22-15(6)9-12(3)19-22;1-2-4-6-8-7-5-3-1;1-2-3;/h7-9,16H,1-6H3;1-2,7-8H,3-6H2;1H3;/q-1;;;/b;2-1-,8-7-;;. The molecule has 185 valence electrons. The van der Waals surface area contributed by atoms with Gasteiger partial charge >= 0.3 is 7.12 Å². The second kappa shape index (κ2) is 14.5. The first-order chi connectivity index (χ1) is 15.8. The molecule has 0 spiro atoms. The van der Waals surface area contributed by atoms with E-state index in [0.717, 1.165) is 34.2 Å². The normalized spacial score (nSPS) is 14.3. The predicted octanol–water partition coefficient (Wildman–Crippen LogP) is 4.99. The Balaban J connectivity index is 0.000000403. The van der Waals surface area contributed by atoms with Crippen molar-refractivity contribution in [2.75, 3.05) is 0 Å². The molecular formula is C25H37BN7Rh-. The van der Waals surface area contributed by atoms with Gasteiger partial charge in [-0.25, -0.2) is 15.3 Å². The van der Waals surface area contributed by atoms with Crippen molar-refractivity contribution in [2.45, 2.75) is 74.1 Å². The van der Waals surface area contributed by atoms with Crippen LogP contribution in [-0.2, 0) is 19.5 Å². The van der Waals surface area contributed by atoms with Crippen molar-refractivity contribution in [3.8, 4) is 6.07 Å². The molecule has 0 saturated carbocycles. The first kappa shape index (κ1) is 29.3. The number of nitriles is 1. The molecule has 1 aliphatic carbocycles. The Bertz CT molecular complexity index is 995. The summed E-state index contributed by atoms with van der Waals surface area (Å²) in [6, 6.07) is 8.03. The van der Waals surface area contributed by atoms with E-state index in [4.69, 9.17) is 20.6 Å². The molecular weight excluding hydrogens is 512 g/mol. The molecule has 0 atom stereocenters. The van der Waals surface area contributed by atoms with E-state index in [1.54, 1.807) is 6.07 Å². The van der Waals surface area contributed by atoms with Crippen LogP contribution in [0.2, 0.25) is 0 Å². The predicted molar refractivity (Wildman–Crippen MR) is 136 cm³/mol. The van der Waals surface area contributed by atoms with Gasteiger partial charge in [0.25, 0.3) is 0 Å². The van der Waals surface area contributed by atoms with Gasteiger partial charge in [-0.05, 0) is 103 Å². The fraction of sp³-hybridized carbons (Fsp3) is 0.440. The average Bonchev–Trinajstić information content (AvgIpc) is 3.33. The van der Waals surface area contributed by atoms with Crippen molar-refractivity contribution in [3.05, 3.63) is 76.7 Å². The molecule has 9 heteroatoms. The molecule has 0 amide bonds. The first-order valence-corrected chi connectivity index (χ1v) is 11.6. The smallest absolute Gasteiger partial charge is 0.326 e. The van der Waals surface area contributed by atoms with Crippen molar-refractivity contribution in [2.24, 2.45) is 0 Å². The Morgan fingerprint density at radius 3 is 1.06 bits per heavy atom. The fourth-order valence-corrected chi connectivity index (χ4v) is 4.12. The Labute approximate surface area is 217 Å². The van der Waals surface area contributed by atoms with Gasteiger partial charge in [0.2, 0.25) is 0 Å². The van der Waals surface area contributed by atoms with Gasteiger partial charge in [-0.1, -0.05) is 24.3 Å². The molecule has 0 bridgehead atoms.